The Kier molecular flexibility index (Phi) is 4.37. The fourth-order valence-electron chi connectivity index (χ4n) is 2.28. The van der Waals surface area contributed by atoms with Gasteiger partial charge in [0.05, 0.1) is 0 Å². The van der Waals surface area contributed by atoms with Crippen LogP contribution < -0.4 is 10.1 Å². The third kappa shape index (κ3) is 3.44. The van der Waals surface area contributed by atoms with Gasteiger partial charge in [0.15, 0.2) is 0 Å². The molecule has 19 heavy (non-hydrogen) atoms. The van der Waals surface area contributed by atoms with Gasteiger partial charge in [-0.1, -0.05) is 13.3 Å². The predicted molar refractivity (Wildman–Crippen MR) is 68.9 cm³/mol. The molecule has 1 aromatic rings. The topological polar surface area (TPSA) is 58.6 Å². The van der Waals surface area contributed by atoms with Crippen LogP contribution in [0.1, 0.15) is 25.3 Å². The molecule has 0 bridgehead atoms. The molecule has 2 atom stereocenters. The third-order valence-corrected chi connectivity index (χ3v) is 3.23. The Morgan fingerprint density at radius 1 is 1.63 bits per heavy atom. The molecule has 0 aliphatic carbocycles. The first-order valence-corrected chi connectivity index (χ1v) is 6.51. The van der Waals surface area contributed by atoms with Crippen molar-refractivity contribution in [2.24, 2.45) is 0 Å². The van der Waals surface area contributed by atoms with Crippen molar-refractivity contribution in [1.29, 1.82) is 0 Å². The van der Waals surface area contributed by atoms with Crippen molar-refractivity contribution in [2.75, 3.05) is 6.54 Å². The van der Waals surface area contributed by atoms with E-state index in [0.717, 1.165) is 12.0 Å². The summed E-state index contributed by atoms with van der Waals surface area (Å²) in [5, 5.41) is 12.0. The lowest BCUT2D eigenvalue weighted by Crippen LogP contribution is -2.42. The van der Waals surface area contributed by atoms with Gasteiger partial charge in [0.1, 0.15) is 23.7 Å². The molecule has 0 fully saturated rings. The number of ether oxygens (including phenoxy) is 1. The smallest absolute Gasteiger partial charge is 0.320 e. The molecule has 0 aromatic heterocycles. The highest BCUT2D eigenvalue weighted by atomic mass is 19.1. The molecule has 2 unspecified atom stereocenters. The molecule has 0 radical (unpaired) electrons. The lowest BCUT2D eigenvalue weighted by Gasteiger charge is -2.17. The minimum absolute atomic E-state index is 0.129. The van der Waals surface area contributed by atoms with Crippen LogP contribution in [0, 0.1) is 5.82 Å². The molecular weight excluding hydrogens is 249 g/mol. The Labute approximate surface area is 111 Å². The first kappa shape index (κ1) is 13.8. The van der Waals surface area contributed by atoms with Gasteiger partial charge in [-0.3, -0.25) is 4.79 Å². The molecule has 0 saturated carbocycles. The van der Waals surface area contributed by atoms with Crippen LogP contribution in [0.4, 0.5) is 4.39 Å². The molecule has 4 nitrogen and oxygen atoms in total. The summed E-state index contributed by atoms with van der Waals surface area (Å²) < 4.78 is 18.7. The van der Waals surface area contributed by atoms with Gasteiger partial charge in [-0.25, -0.2) is 4.39 Å². The van der Waals surface area contributed by atoms with Gasteiger partial charge in [-0.15, -0.1) is 0 Å². The zero-order valence-electron chi connectivity index (χ0n) is 10.9. The normalized spacial score (nSPS) is 18.7. The SMILES string of the molecule is CCCC(NCC1Cc2cc(F)ccc2O1)C(=O)O. The van der Waals surface area contributed by atoms with Crippen LogP contribution >= 0.6 is 0 Å². The summed E-state index contributed by atoms with van der Waals surface area (Å²) in [6.07, 6.45) is 1.87. The van der Waals surface area contributed by atoms with E-state index < -0.39 is 12.0 Å². The van der Waals surface area contributed by atoms with E-state index >= 15 is 0 Å². The number of hydrogen-bond donors (Lipinski definition) is 2. The summed E-state index contributed by atoms with van der Waals surface area (Å²) in [6, 6.07) is 3.90. The molecule has 0 amide bonds. The molecule has 0 saturated heterocycles. The van der Waals surface area contributed by atoms with E-state index in [2.05, 4.69) is 5.32 Å². The Morgan fingerprint density at radius 2 is 2.42 bits per heavy atom. The molecule has 1 aromatic carbocycles. The first-order valence-electron chi connectivity index (χ1n) is 6.51. The number of aliphatic carboxylic acids is 1. The quantitative estimate of drug-likeness (QED) is 0.827. The lowest BCUT2D eigenvalue weighted by molar-refractivity contribution is -0.139. The minimum Gasteiger partial charge on any atom is -0.488 e. The van der Waals surface area contributed by atoms with Gasteiger partial charge in [-0.2, -0.15) is 0 Å². The van der Waals surface area contributed by atoms with Crippen molar-refractivity contribution >= 4 is 5.97 Å². The fraction of sp³-hybridized carbons (Fsp3) is 0.500. The van der Waals surface area contributed by atoms with Crippen LogP contribution in [0.3, 0.4) is 0 Å². The summed E-state index contributed by atoms with van der Waals surface area (Å²) >= 11 is 0. The Bertz CT molecular complexity index is 464. The number of benzene rings is 1. The van der Waals surface area contributed by atoms with E-state index in [1.165, 1.54) is 12.1 Å². The van der Waals surface area contributed by atoms with Gasteiger partial charge in [0.2, 0.25) is 0 Å². The number of carbonyl (C=O) groups is 1. The molecule has 0 spiro atoms. The predicted octanol–water partition coefficient (Wildman–Crippen LogP) is 1.97. The maximum Gasteiger partial charge on any atom is 0.320 e. The highest BCUT2D eigenvalue weighted by Crippen LogP contribution is 2.28. The zero-order chi connectivity index (χ0) is 13.8. The zero-order valence-corrected chi connectivity index (χ0v) is 10.9. The third-order valence-electron chi connectivity index (χ3n) is 3.23. The van der Waals surface area contributed by atoms with E-state index in [0.29, 0.717) is 25.1 Å². The number of fused-ring (bicyclic) bond motifs is 1. The van der Waals surface area contributed by atoms with Crippen molar-refractivity contribution in [2.45, 2.75) is 38.3 Å². The van der Waals surface area contributed by atoms with Crippen LogP contribution in [-0.4, -0.2) is 29.8 Å². The van der Waals surface area contributed by atoms with Crippen LogP contribution in [0.25, 0.3) is 0 Å². The van der Waals surface area contributed by atoms with Crippen molar-refractivity contribution in [3.63, 3.8) is 0 Å². The number of rotatable bonds is 6. The Morgan fingerprint density at radius 3 is 3.11 bits per heavy atom. The van der Waals surface area contributed by atoms with Crippen molar-refractivity contribution < 1.29 is 19.0 Å². The minimum atomic E-state index is -0.844. The van der Waals surface area contributed by atoms with Gasteiger partial charge < -0.3 is 15.2 Å². The number of carboxylic acid groups (broad SMARTS) is 1. The van der Waals surface area contributed by atoms with Gasteiger partial charge in [0.25, 0.3) is 0 Å². The first-order chi connectivity index (χ1) is 9.10. The standard InChI is InChI=1S/C14H18FNO3/c1-2-3-12(14(17)18)16-8-11-7-9-6-10(15)4-5-13(9)19-11/h4-6,11-12,16H,2-3,7-8H2,1H3,(H,17,18). The lowest BCUT2D eigenvalue weighted by atomic mass is 10.1. The van der Waals surface area contributed by atoms with E-state index in [1.54, 1.807) is 6.07 Å². The van der Waals surface area contributed by atoms with Crippen molar-refractivity contribution in [1.82, 2.24) is 5.32 Å². The maximum atomic E-state index is 13.1. The molecular formula is C14H18FNO3. The monoisotopic (exact) mass is 267 g/mol. The molecule has 1 heterocycles. The highest BCUT2D eigenvalue weighted by Gasteiger charge is 2.25. The molecule has 2 N–H and O–H groups in total. The van der Waals surface area contributed by atoms with Crippen molar-refractivity contribution in [3.8, 4) is 5.75 Å². The number of hydrogen-bond acceptors (Lipinski definition) is 3. The fourth-order valence-corrected chi connectivity index (χ4v) is 2.28. The number of nitrogens with one attached hydrogen (secondary N) is 1. The van der Waals surface area contributed by atoms with Crippen LogP contribution in [0.15, 0.2) is 18.2 Å². The maximum absolute atomic E-state index is 13.1. The summed E-state index contributed by atoms with van der Waals surface area (Å²) in [4.78, 5) is 11.0. The van der Waals surface area contributed by atoms with E-state index in [1.807, 2.05) is 6.92 Å². The molecule has 5 heteroatoms. The van der Waals surface area contributed by atoms with E-state index in [9.17, 15) is 9.18 Å². The second-order valence-corrected chi connectivity index (χ2v) is 4.78. The van der Waals surface area contributed by atoms with Gasteiger partial charge >= 0.3 is 5.97 Å². The average molecular weight is 267 g/mol. The average Bonchev–Trinajstić information content (AvgIpc) is 2.75. The highest BCUT2D eigenvalue weighted by molar-refractivity contribution is 5.73. The van der Waals surface area contributed by atoms with Crippen LogP contribution in [0.2, 0.25) is 0 Å². The molecule has 2 rings (SSSR count). The summed E-state index contributed by atoms with van der Waals surface area (Å²) in [5.74, 6) is -0.427. The van der Waals surface area contributed by atoms with E-state index in [4.69, 9.17) is 9.84 Å². The number of carboxylic acids is 1. The second kappa shape index (κ2) is 6.02. The summed E-state index contributed by atoms with van der Waals surface area (Å²) in [5.41, 5.74) is 0.842. The Hall–Kier alpha value is -1.62. The van der Waals surface area contributed by atoms with Gasteiger partial charge in [-0.05, 0) is 24.6 Å². The summed E-state index contributed by atoms with van der Waals surface area (Å²) in [7, 11) is 0. The molecule has 104 valence electrons. The Balaban J connectivity index is 1.88. The number of halogens is 1. The molecule has 1 aliphatic heterocycles. The van der Waals surface area contributed by atoms with Crippen LogP contribution in [-0.2, 0) is 11.2 Å². The molecule has 1 aliphatic rings. The van der Waals surface area contributed by atoms with E-state index in [-0.39, 0.29) is 11.9 Å². The summed E-state index contributed by atoms with van der Waals surface area (Å²) in [6.45, 7) is 2.40. The van der Waals surface area contributed by atoms with Crippen LogP contribution in [0.5, 0.6) is 5.75 Å². The van der Waals surface area contributed by atoms with Crippen molar-refractivity contribution in [3.05, 3.63) is 29.6 Å². The van der Waals surface area contributed by atoms with Gasteiger partial charge in [0, 0.05) is 18.5 Å². The largest absolute Gasteiger partial charge is 0.488 e. The second-order valence-electron chi connectivity index (χ2n) is 4.78.